The molecule has 2 aliphatic heterocycles. The van der Waals surface area contributed by atoms with Crippen LogP contribution in [0.3, 0.4) is 0 Å². The van der Waals surface area contributed by atoms with Gasteiger partial charge in [-0.05, 0) is 30.5 Å². The van der Waals surface area contributed by atoms with E-state index in [1.807, 2.05) is 12.1 Å². The number of hydrogen-bond donors (Lipinski definition) is 1. The van der Waals surface area contributed by atoms with Crippen molar-refractivity contribution in [3.05, 3.63) is 46.1 Å². The molecule has 0 bridgehead atoms. The lowest BCUT2D eigenvalue weighted by Crippen LogP contribution is -2.43. The van der Waals surface area contributed by atoms with Gasteiger partial charge in [-0.1, -0.05) is 43.0 Å². The first kappa shape index (κ1) is 20.9. The standard InChI is InChI=1S/C22H26ClN3O4/c23-18-19(22(29)26(21(18)28)17-4-2-1-3-5-17)24-14-15-6-8-16(9-7-15)20(27)25-10-12-30-13-11-25/h6-9,17,24H,1-5,10-14H2. The Bertz CT molecular complexity index is 856. The molecule has 4 rings (SSSR count). The Balaban J connectivity index is 1.37. The van der Waals surface area contributed by atoms with E-state index in [1.165, 1.54) is 4.90 Å². The zero-order chi connectivity index (χ0) is 21.1. The molecule has 1 N–H and O–H groups in total. The summed E-state index contributed by atoms with van der Waals surface area (Å²) in [5, 5.41) is 3.00. The summed E-state index contributed by atoms with van der Waals surface area (Å²) in [4.78, 5) is 41.0. The van der Waals surface area contributed by atoms with Gasteiger partial charge in [-0.25, -0.2) is 0 Å². The lowest BCUT2D eigenvalue weighted by Gasteiger charge is -2.29. The van der Waals surface area contributed by atoms with Crippen LogP contribution in [0.15, 0.2) is 35.0 Å². The molecule has 1 saturated heterocycles. The van der Waals surface area contributed by atoms with Crippen LogP contribution in [0.25, 0.3) is 0 Å². The number of morpholine rings is 1. The van der Waals surface area contributed by atoms with Crippen molar-refractivity contribution in [3.8, 4) is 0 Å². The number of hydrogen-bond acceptors (Lipinski definition) is 5. The number of imide groups is 1. The normalized spacial score (nSPS) is 20.8. The van der Waals surface area contributed by atoms with Gasteiger partial charge in [0.15, 0.2) is 0 Å². The molecule has 3 amide bonds. The van der Waals surface area contributed by atoms with Crippen LogP contribution in [0.2, 0.25) is 0 Å². The summed E-state index contributed by atoms with van der Waals surface area (Å²) in [6.45, 7) is 2.67. The highest BCUT2D eigenvalue weighted by Crippen LogP contribution is 2.30. The monoisotopic (exact) mass is 431 g/mol. The van der Waals surface area contributed by atoms with Gasteiger partial charge in [0.2, 0.25) is 0 Å². The van der Waals surface area contributed by atoms with E-state index >= 15 is 0 Å². The number of rotatable bonds is 5. The van der Waals surface area contributed by atoms with Gasteiger partial charge in [0.25, 0.3) is 17.7 Å². The number of nitrogens with one attached hydrogen (secondary N) is 1. The van der Waals surface area contributed by atoms with Crippen molar-refractivity contribution in [2.75, 3.05) is 26.3 Å². The van der Waals surface area contributed by atoms with Crippen molar-refractivity contribution in [2.45, 2.75) is 44.7 Å². The highest BCUT2D eigenvalue weighted by Gasteiger charge is 2.41. The molecule has 8 heteroatoms. The minimum Gasteiger partial charge on any atom is -0.378 e. The Hall–Kier alpha value is -2.38. The van der Waals surface area contributed by atoms with Crippen LogP contribution in [-0.2, 0) is 20.9 Å². The summed E-state index contributed by atoms with van der Waals surface area (Å²) >= 11 is 6.20. The first-order valence-corrected chi connectivity index (χ1v) is 10.9. The molecule has 0 spiro atoms. The van der Waals surface area contributed by atoms with Crippen molar-refractivity contribution in [2.24, 2.45) is 0 Å². The third-order valence-electron chi connectivity index (χ3n) is 5.97. The van der Waals surface area contributed by atoms with E-state index < -0.39 is 5.91 Å². The minimum atomic E-state index is -0.400. The molecule has 0 unspecified atom stereocenters. The Labute approximate surface area is 181 Å². The van der Waals surface area contributed by atoms with Gasteiger partial charge in [-0.15, -0.1) is 0 Å². The number of carbonyl (C=O) groups is 3. The molecule has 160 valence electrons. The zero-order valence-electron chi connectivity index (χ0n) is 16.9. The average Bonchev–Trinajstić information content (AvgIpc) is 3.01. The van der Waals surface area contributed by atoms with E-state index in [1.54, 1.807) is 17.0 Å². The maximum atomic E-state index is 12.8. The molecule has 0 atom stereocenters. The lowest BCUT2D eigenvalue weighted by atomic mass is 9.94. The third-order valence-corrected chi connectivity index (χ3v) is 6.32. The number of benzene rings is 1. The van der Waals surface area contributed by atoms with Gasteiger partial charge in [-0.2, -0.15) is 0 Å². The fourth-order valence-electron chi connectivity index (χ4n) is 4.25. The predicted molar refractivity (Wildman–Crippen MR) is 112 cm³/mol. The molecular formula is C22H26ClN3O4. The lowest BCUT2D eigenvalue weighted by molar-refractivity contribution is -0.140. The van der Waals surface area contributed by atoms with Gasteiger partial charge < -0.3 is 15.0 Å². The number of amides is 3. The largest absolute Gasteiger partial charge is 0.378 e. The van der Waals surface area contributed by atoms with E-state index in [0.29, 0.717) is 38.4 Å². The second kappa shape index (κ2) is 9.18. The zero-order valence-corrected chi connectivity index (χ0v) is 17.6. The van der Waals surface area contributed by atoms with Crippen LogP contribution in [0.1, 0.15) is 48.0 Å². The first-order valence-electron chi connectivity index (χ1n) is 10.5. The highest BCUT2D eigenvalue weighted by atomic mass is 35.5. The van der Waals surface area contributed by atoms with E-state index in [9.17, 15) is 14.4 Å². The van der Waals surface area contributed by atoms with E-state index in [4.69, 9.17) is 16.3 Å². The van der Waals surface area contributed by atoms with Gasteiger partial charge in [0.05, 0.1) is 13.2 Å². The number of nitrogens with zero attached hydrogens (tertiary/aromatic N) is 2. The fourth-order valence-corrected chi connectivity index (χ4v) is 4.49. The van der Waals surface area contributed by atoms with Crippen molar-refractivity contribution in [1.29, 1.82) is 0 Å². The van der Waals surface area contributed by atoms with Gasteiger partial charge in [0.1, 0.15) is 10.7 Å². The molecule has 1 aliphatic carbocycles. The number of ether oxygens (including phenoxy) is 1. The molecule has 1 aromatic carbocycles. The van der Waals surface area contributed by atoms with E-state index in [-0.39, 0.29) is 28.6 Å². The second-order valence-electron chi connectivity index (χ2n) is 7.92. The average molecular weight is 432 g/mol. The van der Waals surface area contributed by atoms with Crippen LogP contribution in [-0.4, -0.2) is 59.9 Å². The van der Waals surface area contributed by atoms with Crippen LogP contribution >= 0.6 is 11.6 Å². The smallest absolute Gasteiger partial charge is 0.278 e. The van der Waals surface area contributed by atoms with Crippen molar-refractivity contribution in [3.63, 3.8) is 0 Å². The van der Waals surface area contributed by atoms with Gasteiger partial charge >= 0.3 is 0 Å². The van der Waals surface area contributed by atoms with Crippen LogP contribution in [0, 0.1) is 0 Å². The fraction of sp³-hybridized carbons (Fsp3) is 0.500. The topological polar surface area (TPSA) is 79.0 Å². The molecule has 0 radical (unpaired) electrons. The Morgan fingerprint density at radius 3 is 2.37 bits per heavy atom. The summed E-state index contributed by atoms with van der Waals surface area (Å²) in [6, 6.07) is 7.18. The van der Waals surface area contributed by atoms with E-state index in [2.05, 4.69) is 5.32 Å². The molecule has 30 heavy (non-hydrogen) atoms. The van der Waals surface area contributed by atoms with Crippen molar-refractivity contribution in [1.82, 2.24) is 15.1 Å². The highest BCUT2D eigenvalue weighted by molar-refractivity contribution is 6.47. The van der Waals surface area contributed by atoms with Crippen molar-refractivity contribution >= 4 is 29.3 Å². The molecule has 1 aromatic rings. The maximum Gasteiger partial charge on any atom is 0.278 e. The maximum absolute atomic E-state index is 12.8. The molecule has 2 fully saturated rings. The summed E-state index contributed by atoms with van der Waals surface area (Å²) in [6.07, 6.45) is 4.87. The SMILES string of the molecule is O=C(c1ccc(CNC2=C(Cl)C(=O)N(C3CCCCC3)C2=O)cc1)N1CCOCC1. The quantitative estimate of drug-likeness (QED) is 0.724. The van der Waals surface area contributed by atoms with Gasteiger partial charge in [-0.3, -0.25) is 19.3 Å². The molecule has 3 aliphatic rings. The molecule has 7 nitrogen and oxygen atoms in total. The summed E-state index contributed by atoms with van der Waals surface area (Å²) < 4.78 is 5.28. The number of carbonyl (C=O) groups excluding carboxylic acids is 3. The predicted octanol–water partition coefficient (Wildman–Crippen LogP) is 2.40. The van der Waals surface area contributed by atoms with Crippen LogP contribution in [0.5, 0.6) is 0 Å². The second-order valence-corrected chi connectivity index (χ2v) is 8.29. The molecule has 2 heterocycles. The Kier molecular flexibility index (Phi) is 6.39. The molecular weight excluding hydrogens is 406 g/mol. The Morgan fingerprint density at radius 1 is 1.03 bits per heavy atom. The summed E-state index contributed by atoms with van der Waals surface area (Å²) in [5.74, 6) is -0.748. The molecule has 0 aromatic heterocycles. The van der Waals surface area contributed by atoms with Crippen LogP contribution in [0.4, 0.5) is 0 Å². The van der Waals surface area contributed by atoms with Crippen LogP contribution < -0.4 is 5.32 Å². The Morgan fingerprint density at radius 2 is 1.70 bits per heavy atom. The van der Waals surface area contributed by atoms with Gasteiger partial charge in [0, 0.05) is 31.2 Å². The first-order chi connectivity index (χ1) is 14.6. The number of halogens is 1. The summed E-state index contributed by atoms with van der Waals surface area (Å²) in [5.41, 5.74) is 1.68. The third kappa shape index (κ3) is 4.23. The summed E-state index contributed by atoms with van der Waals surface area (Å²) in [7, 11) is 0. The van der Waals surface area contributed by atoms with Crippen molar-refractivity contribution < 1.29 is 19.1 Å². The minimum absolute atomic E-state index is 0.0109. The molecule has 1 saturated carbocycles. The van der Waals surface area contributed by atoms with E-state index in [0.717, 1.165) is 37.7 Å².